The normalized spacial score (nSPS) is 40.3. The second kappa shape index (κ2) is 20.3. The summed E-state index contributed by atoms with van der Waals surface area (Å²) in [6.45, 7) is 13.1. The summed E-state index contributed by atoms with van der Waals surface area (Å²) in [7, 11) is 4.60. The highest BCUT2D eigenvalue weighted by Crippen LogP contribution is 2.39. The fourth-order valence-corrected chi connectivity index (χ4v) is 9.26. The number of carbonyl (C=O) groups is 4. The van der Waals surface area contributed by atoms with E-state index in [-0.39, 0.29) is 49.5 Å². The van der Waals surface area contributed by atoms with Crippen molar-refractivity contribution in [3.63, 3.8) is 0 Å². The Hall–Kier alpha value is -2.78. The number of nitrogens with zero attached hydrogens (tertiary/aromatic N) is 1. The van der Waals surface area contributed by atoms with Crippen LogP contribution in [0, 0.1) is 29.6 Å². The largest absolute Gasteiger partial charge is 0.456 e. The average Bonchev–Trinajstić information content (AvgIpc) is 3.66. The van der Waals surface area contributed by atoms with Crippen LogP contribution in [0.3, 0.4) is 0 Å². The van der Waals surface area contributed by atoms with Gasteiger partial charge in [0.2, 0.25) is 5.79 Å². The smallest absolute Gasteiger partial charge is 0.329 e. The first-order valence-electron chi connectivity index (χ1n) is 20.4. The van der Waals surface area contributed by atoms with Crippen molar-refractivity contribution >= 4 is 23.4 Å². The molecule has 1 saturated carbocycles. The summed E-state index contributed by atoms with van der Waals surface area (Å²) >= 11 is 0. The predicted molar refractivity (Wildman–Crippen MR) is 208 cm³/mol. The summed E-state index contributed by atoms with van der Waals surface area (Å²) in [5, 5.41) is 34.0. The molecule has 0 aromatic heterocycles. The minimum atomic E-state index is -2.51. The monoisotopic (exact) mass is 789 g/mol. The van der Waals surface area contributed by atoms with E-state index < -0.39 is 83.9 Å². The van der Waals surface area contributed by atoms with E-state index in [1.807, 2.05) is 26.0 Å². The van der Waals surface area contributed by atoms with E-state index in [1.165, 1.54) is 14.2 Å². The molecule has 14 unspecified atom stereocenters. The molecular weight excluding hydrogens is 722 g/mol. The quantitative estimate of drug-likeness (QED) is 0.190. The summed E-state index contributed by atoms with van der Waals surface area (Å²) in [5.41, 5.74) is 1.61. The fourth-order valence-electron chi connectivity index (χ4n) is 9.26. The number of methoxy groups -OCH3 is 3. The SMILES string of the molecule is C=CCC1C=C(C)CC(C)CC(OC)C2OC(O)(C(=O)C(=O)N3CCCC3C(=O)OC(/C(C)=C/C3CCC(O)C(OC)C3)C(C)C(O)CC1=O)C(C)CC2OC. The van der Waals surface area contributed by atoms with Gasteiger partial charge in [-0.15, -0.1) is 6.58 Å². The Kier molecular flexibility index (Phi) is 16.6. The van der Waals surface area contributed by atoms with Crippen LogP contribution in [0.1, 0.15) is 98.8 Å². The maximum Gasteiger partial charge on any atom is 0.329 e. The molecule has 1 aliphatic carbocycles. The van der Waals surface area contributed by atoms with Crippen LogP contribution in [0.15, 0.2) is 36.0 Å². The Morgan fingerprint density at radius 2 is 1.61 bits per heavy atom. The van der Waals surface area contributed by atoms with Crippen LogP contribution in [-0.2, 0) is 42.9 Å². The highest BCUT2D eigenvalue weighted by atomic mass is 16.7. The molecule has 3 fully saturated rings. The number of ether oxygens (including phenoxy) is 5. The number of cyclic esters (lactones) is 1. The van der Waals surface area contributed by atoms with Crippen molar-refractivity contribution in [3.8, 4) is 0 Å². The van der Waals surface area contributed by atoms with Gasteiger partial charge in [-0.3, -0.25) is 14.4 Å². The minimum absolute atomic E-state index is 0.00899. The van der Waals surface area contributed by atoms with Gasteiger partial charge in [0.05, 0.1) is 30.5 Å². The zero-order chi connectivity index (χ0) is 41.5. The molecule has 13 heteroatoms. The number of carbonyl (C=O) groups excluding carboxylic acids is 4. The number of esters is 1. The van der Waals surface area contributed by atoms with E-state index in [0.29, 0.717) is 50.5 Å². The molecular formula is C43H67NO12. The van der Waals surface area contributed by atoms with E-state index in [0.717, 1.165) is 10.5 Å². The number of ketones is 2. The third-order valence-electron chi connectivity index (χ3n) is 12.6. The number of Topliss-reactive ketones (excluding diaryl/α,β-unsaturated/α-hetero) is 2. The molecule has 0 radical (unpaired) electrons. The lowest BCUT2D eigenvalue weighted by Gasteiger charge is -2.46. The van der Waals surface area contributed by atoms with Crippen molar-refractivity contribution in [2.75, 3.05) is 27.9 Å². The zero-order valence-corrected chi connectivity index (χ0v) is 34.7. The summed E-state index contributed by atoms with van der Waals surface area (Å²) < 4.78 is 29.6. The van der Waals surface area contributed by atoms with E-state index in [4.69, 9.17) is 23.7 Å². The van der Waals surface area contributed by atoms with Gasteiger partial charge in [0.15, 0.2) is 0 Å². The van der Waals surface area contributed by atoms with Gasteiger partial charge >= 0.3 is 5.97 Å². The fraction of sp³-hybridized carbons (Fsp3) is 0.767. The molecule has 4 aliphatic rings. The van der Waals surface area contributed by atoms with Crippen molar-refractivity contribution in [1.82, 2.24) is 4.90 Å². The van der Waals surface area contributed by atoms with E-state index in [1.54, 1.807) is 34.0 Å². The highest BCUT2D eigenvalue weighted by molar-refractivity contribution is 6.39. The Balaban J connectivity index is 1.76. The molecule has 0 aromatic carbocycles. The Labute approximate surface area is 332 Å². The van der Waals surface area contributed by atoms with Gasteiger partial charge in [0.1, 0.15) is 24.0 Å². The standard InChI is InChI=1S/C43H67NO12/c1-10-12-30-18-24(2)17-25(3)19-36(53-8)39-37(54-9)21-27(5)43(51,56-39)40(48)41(49)44-16-11-13-31(44)42(50)55-38(28(6)33(46)23-34(30)47)26(4)20-29-14-15-32(45)35(22-29)52-7/h10,18,20,25,27-33,35-39,45-46,51H,1,11-17,19,21-23H2,2-9H3/b24-18?,26-20+. The summed E-state index contributed by atoms with van der Waals surface area (Å²) in [6, 6.07) is -1.13. The van der Waals surface area contributed by atoms with Crippen LogP contribution in [0.5, 0.6) is 0 Å². The Morgan fingerprint density at radius 1 is 0.946 bits per heavy atom. The van der Waals surface area contributed by atoms with Crippen LogP contribution in [-0.4, -0.2) is 126 Å². The molecule has 2 saturated heterocycles. The van der Waals surface area contributed by atoms with Crippen molar-refractivity contribution in [2.45, 2.75) is 153 Å². The van der Waals surface area contributed by atoms with Crippen LogP contribution < -0.4 is 0 Å². The molecule has 2 bridgehead atoms. The first-order chi connectivity index (χ1) is 26.5. The van der Waals surface area contributed by atoms with Crippen molar-refractivity contribution < 1.29 is 58.2 Å². The van der Waals surface area contributed by atoms with Crippen molar-refractivity contribution in [1.29, 1.82) is 0 Å². The number of amides is 1. The first-order valence-corrected chi connectivity index (χ1v) is 20.4. The number of aliphatic hydroxyl groups excluding tert-OH is 2. The lowest BCUT2D eigenvalue weighted by molar-refractivity contribution is -0.302. The van der Waals surface area contributed by atoms with Crippen molar-refractivity contribution in [2.24, 2.45) is 29.6 Å². The number of rotatable bonds is 7. The van der Waals surface area contributed by atoms with Gasteiger partial charge in [-0.05, 0) is 89.0 Å². The number of hydrogen-bond donors (Lipinski definition) is 3. The van der Waals surface area contributed by atoms with E-state index in [2.05, 4.69) is 6.58 Å². The van der Waals surface area contributed by atoms with Gasteiger partial charge in [-0.2, -0.15) is 0 Å². The second-order valence-corrected chi connectivity index (χ2v) is 16.9. The molecule has 3 aliphatic heterocycles. The highest BCUT2D eigenvalue weighted by Gasteiger charge is 2.57. The molecule has 3 N–H and O–H groups in total. The van der Waals surface area contributed by atoms with Gasteiger partial charge in [-0.1, -0.05) is 44.6 Å². The van der Waals surface area contributed by atoms with Gasteiger partial charge < -0.3 is 43.9 Å². The van der Waals surface area contributed by atoms with E-state index >= 15 is 0 Å². The third kappa shape index (κ3) is 10.6. The first kappa shape index (κ1) is 45.9. The molecule has 4 rings (SSSR count). The molecule has 3 heterocycles. The molecule has 0 aromatic rings. The maximum atomic E-state index is 14.2. The van der Waals surface area contributed by atoms with Gasteiger partial charge in [-0.25, -0.2) is 4.79 Å². The molecule has 1 amide bonds. The zero-order valence-electron chi connectivity index (χ0n) is 34.7. The summed E-state index contributed by atoms with van der Waals surface area (Å²) in [4.78, 5) is 57.3. The van der Waals surface area contributed by atoms with Crippen molar-refractivity contribution in [3.05, 3.63) is 36.0 Å². The number of fused-ring (bicyclic) bond motifs is 3. The Bertz CT molecular complexity index is 1460. The van der Waals surface area contributed by atoms with Crippen LogP contribution >= 0.6 is 0 Å². The molecule has 14 atom stereocenters. The summed E-state index contributed by atoms with van der Waals surface area (Å²) in [5.74, 6) is -7.76. The minimum Gasteiger partial charge on any atom is -0.456 e. The van der Waals surface area contributed by atoms with Gasteiger partial charge in [0, 0.05) is 52.0 Å². The molecule has 0 spiro atoms. The van der Waals surface area contributed by atoms with Crippen LogP contribution in [0.25, 0.3) is 0 Å². The van der Waals surface area contributed by atoms with E-state index in [9.17, 15) is 34.5 Å². The van der Waals surface area contributed by atoms with Gasteiger partial charge in [0.25, 0.3) is 11.7 Å². The number of hydrogen-bond acceptors (Lipinski definition) is 12. The maximum absolute atomic E-state index is 14.2. The van der Waals surface area contributed by atoms with Crippen LogP contribution in [0.2, 0.25) is 0 Å². The summed E-state index contributed by atoms with van der Waals surface area (Å²) in [6.07, 6.45) is 4.23. The third-order valence-corrected chi connectivity index (χ3v) is 12.6. The average molecular weight is 790 g/mol. The predicted octanol–water partition coefficient (Wildman–Crippen LogP) is 4.25. The topological polar surface area (TPSA) is 178 Å². The molecule has 13 nitrogen and oxygen atoms in total. The van der Waals surface area contributed by atoms with Crippen LogP contribution in [0.4, 0.5) is 0 Å². The lowest BCUT2D eigenvalue weighted by Crippen LogP contribution is -2.63. The molecule has 316 valence electrons. The molecule has 56 heavy (non-hydrogen) atoms. The number of allylic oxidation sites excluding steroid dienone is 4. The lowest BCUT2D eigenvalue weighted by atomic mass is 9.81. The Morgan fingerprint density at radius 3 is 2.25 bits per heavy atom. The number of aliphatic hydroxyl groups is 3. The second-order valence-electron chi connectivity index (χ2n) is 16.9.